The minimum atomic E-state index is -0.725. The number of aliphatic hydroxyl groups excluding tert-OH is 1. The average Bonchev–Trinajstić information content (AvgIpc) is 2.91. The summed E-state index contributed by atoms with van der Waals surface area (Å²) in [6.07, 6.45) is 12.6. The standard InChI is InChI=1S/C27H34N6O4/c34-21-6-1-2-7-22(21)37-20-5-4-12-33(18-20)26-17-28-16-24(31-26)29-23-8-3-9-25(30-23)32-13-10-19(11-14-32)15-27(35)36/h2-3,7-9,16-17,19-20,34H,1,4-6,10-15,18H2,(H,35,36)(H,29,30,31). The average molecular weight is 507 g/mol. The van der Waals surface area contributed by atoms with Crippen LogP contribution >= 0.6 is 0 Å². The largest absolute Gasteiger partial charge is 0.508 e. The first-order valence-corrected chi connectivity index (χ1v) is 13.1. The number of anilines is 4. The van der Waals surface area contributed by atoms with Gasteiger partial charge in [0.05, 0.1) is 18.9 Å². The first kappa shape index (κ1) is 24.9. The van der Waals surface area contributed by atoms with Crippen molar-refractivity contribution in [2.75, 3.05) is 41.3 Å². The Labute approximate surface area is 216 Å². The maximum Gasteiger partial charge on any atom is 0.303 e. The molecule has 2 aromatic heterocycles. The third-order valence-corrected chi connectivity index (χ3v) is 7.11. The lowest BCUT2D eigenvalue weighted by Crippen LogP contribution is -2.40. The van der Waals surface area contributed by atoms with E-state index in [1.54, 1.807) is 12.4 Å². The fourth-order valence-corrected chi connectivity index (χ4v) is 5.14. The molecule has 0 spiro atoms. The first-order valence-electron chi connectivity index (χ1n) is 13.1. The van der Waals surface area contributed by atoms with Crippen LogP contribution in [-0.2, 0) is 9.53 Å². The van der Waals surface area contributed by atoms with Gasteiger partial charge in [0.15, 0.2) is 11.6 Å². The van der Waals surface area contributed by atoms with Gasteiger partial charge in [-0.25, -0.2) is 9.97 Å². The van der Waals surface area contributed by atoms with E-state index in [4.69, 9.17) is 19.8 Å². The van der Waals surface area contributed by atoms with Gasteiger partial charge in [-0.05, 0) is 56.2 Å². The number of nitrogens with one attached hydrogen (secondary N) is 1. The number of ether oxygens (including phenoxy) is 1. The number of nitrogens with zero attached hydrogens (tertiary/aromatic N) is 5. The minimum absolute atomic E-state index is 0.0231. The van der Waals surface area contributed by atoms with Crippen LogP contribution in [0.2, 0.25) is 0 Å². The summed E-state index contributed by atoms with van der Waals surface area (Å²) in [4.78, 5) is 29.3. The Bertz CT molecular complexity index is 1160. The Balaban J connectivity index is 1.21. The molecule has 3 aliphatic rings. The van der Waals surface area contributed by atoms with Gasteiger partial charge in [0.2, 0.25) is 0 Å². The summed E-state index contributed by atoms with van der Waals surface area (Å²) in [5, 5.41) is 22.5. The Morgan fingerprint density at radius 2 is 1.89 bits per heavy atom. The molecule has 2 aromatic rings. The molecule has 3 N–H and O–H groups in total. The summed E-state index contributed by atoms with van der Waals surface area (Å²) in [6.45, 7) is 3.14. The summed E-state index contributed by atoms with van der Waals surface area (Å²) >= 11 is 0. The summed E-state index contributed by atoms with van der Waals surface area (Å²) in [6, 6.07) is 5.84. The topological polar surface area (TPSA) is 124 Å². The number of piperidine rings is 2. The quantitative estimate of drug-likeness (QED) is 0.474. The lowest BCUT2D eigenvalue weighted by Gasteiger charge is -2.34. The van der Waals surface area contributed by atoms with Gasteiger partial charge in [0.25, 0.3) is 0 Å². The van der Waals surface area contributed by atoms with Crippen LogP contribution in [0.5, 0.6) is 0 Å². The fraction of sp³-hybridized carbons (Fsp3) is 0.481. The van der Waals surface area contributed by atoms with E-state index in [9.17, 15) is 9.90 Å². The highest BCUT2D eigenvalue weighted by atomic mass is 16.5. The maximum atomic E-state index is 11.0. The van der Waals surface area contributed by atoms with Crippen molar-refractivity contribution in [3.8, 4) is 0 Å². The summed E-state index contributed by atoms with van der Waals surface area (Å²) in [7, 11) is 0. The number of pyridine rings is 1. The van der Waals surface area contributed by atoms with E-state index >= 15 is 0 Å². The maximum absolute atomic E-state index is 11.0. The zero-order valence-corrected chi connectivity index (χ0v) is 20.9. The molecule has 10 nitrogen and oxygen atoms in total. The van der Waals surface area contributed by atoms with Crippen molar-refractivity contribution in [2.45, 2.75) is 51.0 Å². The van der Waals surface area contributed by atoms with Crippen LogP contribution < -0.4 is 15.1 Å². The van der Waals surface area contributed by atoms with Gasteiger partial charge in [-0.1, -0.05) is 12.1 Å². The normalized spacial score (nSPS) is 20.7. The van der Waals surface area contributed by atoms with Crippen LogP contribution in [-0.4, -0.2) is 63.4 Å². The molecule has 0 amide bonds. The van der Waals surface area contributed by atoms with Crippen LogP contribution in [0.4, 0.5) is 23.3 Å². The first-order chi connectivity index (χ1) is 18.0. The number of aliphatic carboxylic acids is 1. The van der Waals surface area contributed by atoms with Crippen LogP contribution in [0, 0.1) is 5.92 Å². The second kappa shape index (κ2) is 11.5. The van der Waals surface area contributed by atoms with E-state index in [-0.39, 0.29) is 18.4 Å². The Morgan fingerprint density at radius 3 is 2.70 bits per heavy atom. The molecule has 5 rings (SSSR count). The van der Waals surface area contributed by atoms with Crippen molar-refractivity contribution in [2.24, 2.45) is 5.92 Å². The molecule has 1 aliphatic carbocycles. The highest BCUT2D eigenvalue weighted by Crippen LogP contribution is 2.27. The van der Waals surface area contributed by atoms with Gasteiger partial charge < -0.3 is 30.1 Å². The third-order valence-electron chi connectivity index (χ3n) is 7.11. The van der Waals surface area contributed by atoms with E-state index in [1.165, 1.54) is 0 Å². The Kier molecular flexibility index (Phi) is 7.72. The molecule has 0 saturated carbocycles. The lowest BCUT2D eigenvalue weighted by atomic mass is 9.94. The zero-order valence-electron chi connectivity index (χ0n) is 20.9. The van der Waals surface area contributed by atoms with Gasteiger partial charge in [-0.15, -0.1) is 0 Å². The molecule has 2 fully saturated rings. The zero-order chi connectivity index (χ0) is 25.6. The van der Waals surface area contributed by atoms with Gasteiger partial charge >= 0.3 is 5.97 Å². The van der Waals surface area contributed by atoms with Crippen LogP contribution in [0.25, 0.3) is 0 Å². The number of carboxylic acid groups (broad SMARTS) is 1. The predicted molar refractivity (Wildman–Crippen MR) is 141 cm³/mol. The second-order valence-corrected chi connectivity index (χ2v) is 9.88. The molecule has 10 heteroatoms. The number of rotatable bonds is 8. The fourth-order valence-electron chi connectivity index (χ4n) is 5.14. The molecule has 2 aliphatic heterocycles. The van der Waals surface area contributed by atoms with Crippen molar-refractivity contribution in [1.82, 2.24) is 15.0 Å². The van der Waals surface area contributed by atoms with E-state index in [1.807, 2.05) is 30.4 Å². The summed E-state index contributed by atoms with van der Waals surface area (Å²) in [5.74, 6) is 3.34. The second-order valence-electron chi connectivity index (χ2n) is 9.88. The molecule has 1 atom stereocenters. The van der Waals surface area contributed by atoms with E-state index in [2.05, 4.69) is 20.1 Å². The highest BCUT2D eigenvalue weighted by molar-refractivity contribution is 5.67. The number of carbonyl (C=O) groups is 1. The number of hydrogen-bond acceptors (Lipinski definition) is 9. The molecule has 0 aromatic carbocycles. The number of aliphatic hydroxyl groups is 1. The third kappa shape index (κ3) is 6.49. The Hall–Kier alpha value is -3.82. The van der Waals surface area contributed by atoms with E-state index in [0.717, 1.165) is 63.4 Å². The smallest absolute Gasteiger partial charge is 0.303 e. The van der Waals surface area contributed by atoms with E-state index in [0.29, 0.717) is 36.1 Å². The van der Waals surface area contributed by atoms with Crippen molar-refractivity contribution in [3.63, 3.8) is 0 Å². The van der Waals surface area contributed by atoms with Crippen LogP contribution in [0.3, 0.4) is 0 Å². The van der Waals surface area contributed by atoms with Gasteiger partial charge in [0, 0.05) is 32.5 Å². The van der Waals surface area contributed by atoms with Gasteiger partial charge in [-0.2, -0.15) is 0 Å². The van der Waals surface area contributed by atoms with Gasteiger partial charge in [-0.3, -0.25) is 9.78 Å². The molecule has 4 heterocycles. The van der Waals surface area contributed by atoms with Crippen molar-refractivity contribution >= 4 is 29.2 Å². The molecule has 196 valence electrons. The molecule has 0 radical (unpaired) electrons. The van der Waals surface area contributed by atoms with Crippen molar-refractivity contribution in [3.05, 3.63) is 54.3 Å². The Morgan fingerprint density at radius 1 is 1.05 bits per heavy atom. The number of carboxylic acids is 1. The number of allylic oxidation sites excluding steroid dienone is 3. The SMILES string of the molecule is O=C(O)CC1CCN(c2cccc(Nc3cncc(N4CCCC(OC5=C(O)CCC=C5)C4)n3)n2)CC1. The van der Waals surface area contributed by atoms with Gasteiger partial charge in [0.1, 0.15) is 29.3 Å². The molecular formula is C27H34N6O4. The lowest BCUT2D eigenvalue weighted by molar-refractivity contribution is -0.138. The summed E-state index contributed by atoms with van der Waals surface area (Å²) in [5.41, 5.74) is 0. The molecule has 37 heavy (non-hydrogen) atoms. The van der Waals surface area contributed by atoms with Crippen LogP contribution in [0.1, 0.15) is 44.9 Å². The van der Waals surface area contributed by atoms with Crippen molar-refractivity contribution in [1.29, 1.82) is 0 Å². The predicted octanol–water partition coefficient (Wildman–Crippen LogP) is 4.41. The minimum Gasteiger partial charge on any atom is -0.508 e. The molecule has 0 bridgehead atoms. The highest BCUT2D eigenvalue weighted by Gasteiger charge is 2.25. The number of hydrogen-bond donors (Lipinski definition) is 3. The van der Waals surface area contributed by atoms with E-state index < -0.39 is 5.97 Å². The monoisotopic (exact) mass is 506 g/mol. The molecule has 1 unspecified atom stereocenters. The summed E-state index contributed by atoms with van der Waals surface area (Å²) < 4.78 is 6.11. The van der Waals surface area contributed by atoms with Crippen molar-refractivity contribution < 1.29 is 19.7 Å². The molecule has 2 saturated heterocycles. The van der Waals surface area contributed by atoms with Crippen LogP contribution in [0.15, 0.2) is 54.3 Å². The molecular weight excluding hydrogens is 472 g/mol. The number of aromatic nitrogens is 3.